The fourth-order valence-corrected chi connectivity index (χ4v) is 3.17. The highest BCUT2D eigenvalue weighted by Gasteiger charge is 2.19. The summed E-state index contributed by atoms with van der Waals surface area (Å²) in [5, 5.41) is 8.57. The van der Waals surface area contributed by atoms with Crippen molar-refractivity contribution in [3.05, 3.63) is 71.8 Å². The highest BCUT2D eigenvalue weighted by Crippen LogP contribution is 2.26. The van der Waals surface area contributed by atoms with Crippen molar-refractivity contribution in [3.63, 3.8) is 0 Å². The van der Waals surface area contributed by atoms with Crippen LogP contribution in [0.1, 0.15) is 18.3 Å². The van der Waals surface area contributed by atoms with E-state index >= 15 is 0 Å². The minimum absolute atomic E-state index is 0.318. The minimum atomic E-state index is -0.451. The first-order valence-electron chi connectivity index (χ1n) is 7.74. The summed E-state index contributed by atoms with van der Waals surface area (Å²) >= 11 is 1.23. The quantitative estimate of drug-likeness (QED) is 0.689. The molecule has 0 unspecified atom stereocenters. The summed E-state index contributed by atoms with van der Waals surface area (Å²) < 4.78 is 15.1. The fourth-order valence-electron chi connectivity index (χ4n) is 2.34. The van der Waals surface area contributed by atoms with Crippen molar-refractivity contribution in [2.24, 2.45) is 5.73 Å². The van der Waals surface area contributed by atoms with Crippen LogP contribution in [0.3, 0.4) is 0 Å². The molecular formula is C18H17FN4OS. The Hall–Kier alpha value is -2.67. The molecule has 7 heteroatoms. The zero-order valence-corrected chi connectivity index (χ0v) is 14.4. The summed E-state index contributed by atoms with van der Waals surface area (Å²) in [7, 11) is 0. The van der Waals surface area contributed by atoms with Crippen LogP contribution in [0.4, 0.5) is 4.39 Å². The van der Waals surface area contributed by atoms with Gasteiger partial charge in [-0.1, -0.05) is 42.1 Å². The third kappa shape index (κ3) is 4.06. The second-order valence-electron chi connectivity index (χ2n) is 5.54. The zero-order chi connectivity index (χ0) is 17.8. The molecule has 0 fully saturated rings. The molecule has 25 heavy (non-hydrogen) atoms. The fraction of sp³-hybridized carbons (Fsp3) is 0.167. The number of halogens is 1. The van der Waals surface area contributed by atoms with Gasteiger partial charge < -0.3 is 5.73 Å². The molecule has 0 saturated carbocycles. The van der Waals surface area contributed by atoms with E-state index in [2.05, 4.69) is 10.2 Å². The molecule has 0 aliphatic rings. The Labute approximate surface area is 149 Å². The molecule has 1 amide bonds. The molecule has 0 aliphatic carbocycles. The second-order valence-corrected chi connectivity index (χ2v) is 6.84. The number of hydrogen-bond donors (Lipinski definition) is 1. The first-order chi connectivity index (χ1) is 12.0. The van der Waals surface area contributed by atoms with Crippen molar-refractivity contribution in [3.8, 4) is 5.69 Å². The molecule has 2 aromatic carbocycles. The first-order valence-corrected chi connectivity index (χ1v) is 8.62. The number of carbonyl (C=O) groups is 1. The van der Waals surface area contributed by atoms with Gasteiger partial charge in [0.25, 0.3) is 0 Å². The predicted molar refractivity (Wildman–Crippen MR) is 95.1 cm³/mol. The molecule has 0 bridgehead atoms. The van der Waals surface area contributed by atoms with Crippen LogP contribution in [0.25, 0.3) is 5.69 Å². The number of primary amides is 1. The molecule has 1 heterocycles. The van der Waals surface area contributed by atoms with E-state index < -0.39 is 11.2 Å². The maximum Gasteiger partial charge on any atom is 0.230 e. The second kappa shape index (κ2) is 7.48. The molecule has 2 N–H and O–H groups in total. The molecule has 0 aliphatic heterocycles. The average molecular weight is 356 g/mol. The highest BCUT2D eigenvalue weighted by molar-refractivity contribution is 8.00. The first kappa shape index (κ1) is 17.2. The Morgan fingerprint density at radius 2 is 1.84 bits per heavy atom. The van der Waals surface area contributed by atoms with E-state index in [0.29, 0.717) is 17.4 Å². The van der Waals surface area contributed by atoms with Crippen LogP contribution in [0.15, 0.2) is 59.8 Å². The molecule has 5 nitrogen and oxygen atoms in total. The molecule has 0 radical (unpaired) electrons. The molecular weight excluding hydrogens is 339 g/mol. The standard InChI is InChI=1S/C18H17FN4OS/c1-12(17(20)24)25-18-22-21-16(11-13-5-3-2-4-6-13)23(18)15-9-7-14(19)8-10-15/h2-10,12H,11H2,1H3,(H2,20,24)/t12-/m0/s1. The molecule has 1 aromatic heterocycles. The Morgan fingerprint density at radius 3 is 2.48 bits per heavy atom. The normalized spacial score (nSPS) is 12.1. The molecule has 1 atom stereocenters. The van der Waals surface area contributed by atoms with Crippen molar-refractivity contribution in [2.45, 2.75) is 23.8 Å². The summed E-state index contributed by atoms with van der Waals surface area (Å²) in [4.78, 5) is 11.4. The van der Waals surface area contributed by atoms with Gasteiger partial charge >= 0.3 is 0 Å². The summed E-state index contributed by atoms with van der Waals surface area (Å²) in [5.41, 5.74) is 7.17. The van der Waals surface area contributed by atoms with Gasteiger partial charge in [0.1, 0.15) is 11.6 Å². The number of amides is 1. The van der Waals surface area contributed by atoms with Crippen molar-refractivity contribution in [1.82, 2.24) is 14.8 Å². The highest BCUT2D eigenvalue weighted by atomic mass is 32.2. The zero-order valence-electron chi connectivity index (χ0n) is 13.6. The number of nitrogens with two attached hydrogens (primary N) is 1. The van der Waals surface area contributed by atoms with E-state index in [4.69, 9.17) is 5.73 Å². The van der Waals surface area contributed by atoms with Gasteiger partial charge in [-0.3, -0.25) is 9.36 Å². The molecule has 0 spiro atoms. The van der Waals surface area contributed by atoms with Crippen molar-refractivity contribution in [2.75, 3.05) is 0 Å². The monoisotopic (exact) mass is 356 g/mol. The van der Waals surface area contributed by atoms with Crippen LogP contribution < -0.4 is 5.73 Å². The van der Waals surface area contributed by atoms with Gasteiger partial charge in [-0.2, -0.15) is 0 Å². The van der Waals surface area contributed by atoms with Gasteiger partial charge in [-0.25, -0.2) is 4.39 Å². The number of benzene rings is 2. The number of thioether (sulfide) groups is 1. The van der Waals surface area contributed by atoms with Gasteiger partial charge in [0, 0.05) is 12.1 Å². The number of carbonyl (C=O) groups excluding carboxylic acids is 1. The largest absolute Gasteiger partial charge is 0.369 e. The van der Waals surface area contributed by atoms with Gasteiger partial charge in [0.2, 0.25) is 5.91 Å². The van der Waals surface area contributed by atoms with Crippen LogP contribution in [0, 0.1) is 5.82 Å². The van der Waals surface area contributed by atoms with E-state index in [1.54, 1.807) is 19.1 Å². The third-order valence-corrected chi connectivity index (χ3v) is 4.73. The summed E-state index contributed by atoms with van der Waals surface area (Å²) in [6, 6.07) is 16.0. The van der Waals surface area contributed by atoms with Gasteiger partial charge in [0.15, 0.2) is 5.16 Å². The lowest BCUT2D eigenvalue weighted by molar-refractivity contribution is -0.117. The lowest BCUT2D eigenvalue weighted by Gasteiger charge is -2.12. The van der Waals surface area contributed by atoms with Gasteiger partial charge in [-0.15, -0.1) is 10.2 Å². The van der Waals surface area contributed by atoms with Crippen LogP contribution in [-0.4, -0.2) is 25.9 Å². The smallest absolute Gasteiger partial charge is 0.230 e. The third-order valence-electron chi connectivity index (χ3n) is 3.67. The maximum atomic E-state index is 13.3. The van der Waals surface area contributed by atoms with Crippen molar-refractivity contribution >= 4 is 17.7 Å². The topological polar surface area (TPSA) is 73.8 Å². The minimum Gasteiger partial charge on any atom is -0.369 e. The Kier molecular flexibility index (Phi) is 5.14. The lowest BCUT2D eigenvalue weighted by atomic mass is 10.1. The van der Waals surface area contributed by atoms with E-state index in [1.165, 1.54) is 23.9 Å². The Balaban J connectivity index is 2.01. The Morgan fingerprint density at radius 1 is 1.16 bits per heavy atom. The molecule has 3 aromatic rings. The van der Waals surface area contributed by atoms with Crippen LogP contribution in [0.2, 0.25) is 0 Å². The SMILES string of the molecule is C[C@H](Sc1nnc(Cc2ccccc2)n1-c1ccc(F)cc1)C(N)=O. The number of rotatable bonds is 6. The summed E-state index contributed by atoms with van der Waals surface area (Å²) in [5.74, 6) is -0.0404. The number of hydrogen-bond acceptors (Lipinski definition) is 4. The summed E-state index contributed by atoms with van der Waals surface area (Å²) in [6.07, 6.45) is 0.566. The maximum absolute atomic E-state index is 13.3. The van der Waals surface area contributed by atoms with Crippen LogP contribution in [-0.2, 0) is 11.2 Å². The van der Waals surface area contributed by atoms with Crippen LogP contribution >= 0.6 is 11.8 Å². The van der Waals surface area contributed by atoms with E-state index in [0.717, 1.165) is 11.3 Å². The molecule has 128 valence electrons. The van der Waals surface area contributed by atoms with E-state index in [1.807, 2.05) is 34.9 Å². The molecule has 0 saturated heterocycles. The van der Waals surface area contributed by atoms with Crippen LogP contribution in [0.5, 0.6) is 0 Å². The Bertz CT molecular complexity index is 865. The lowest BCUT2D eigenvalue weighted by Crippen LogP contribution is -2.23. The van der Waals surface area contributed by atoms with Gasteiger partial charge in [-0.05, 0) is 36.8 Å². The average Bonchev–Trinajstić information content (AvgIpc) is 2.98. The number of aromatic nitrogens is 3. The van der Waals surface area contributed by atoms with Crippen molar-refractivity contribution < 1.29 is 9.18 Å². The number of nitrogens with zero attached hydrogens (tertiary/aromatic N) is 3. The summed E-state index contributed by atoms with van der Waals surface area (Å²) in [6.45, 7) is 1.72. The predicted octanol–water partition coefficient (Wildman–Crippen LogP) is 2.96. The van der Waals surface area contributed by atoms with E-state index in [-0.39, 0.29) is 5.82 Å². The van der Waals surface area contributed by atoms with E-state index in [9.17, 15) is 9.18 Å². The van der Waals surface area contributed by atoms with Gasteiger partial charge in [0.05, 0.1) is 5.25 Å². The molecule has 3 rings (SSSR count). The van der Waals surface area contributed by atoms with Crippen molar-refractivity contribution in [1.29, 1.82) is 0 Å².